The number of nitrogens with zero attached hydrogens (tertiary/aromatic N) is 1. The topological polar surface area (TPSA) is 113 Å². The van der Waals surface area contributed by atoms with E-state index in [0.29, 0.717) is 0 Å². The van der Waals surface area contributed by atoms with Crippen molar-refractivity contribution in [1.82, 2.24) is 10.2 Å². The molecule has 2 rings (SSSR count). The predicted molar refractivity (Wildman–Crippen MR) is 96.5 cm³/mol. The fourth-order valence-electron chi connectivity index (χ4n) is 3.06. The Bertz CT molecular complexity index is 887. The standard InChI is InChI=1S/C18H18ClF3N2O6/c1-17(2)6-11(25)14(15(28)23-7-13(26)27)16(29)24(17)8-9-3-4-10(19)12(5-9)30-18(20,21)22/h3-5,14H,6-8H2,1-2H3,(H,23,28)(H,26,27). The SMILES string of the molecule is CC1(C)CC(=O)C(C(=O)NCC(=O)O)C(=O)N1Cc1ccc(Cl)c(OC(F)(F)F)c1. The zero-order valence-electron chi connectivity index (χ0n) is 15.9. The number of rotatable bonds is 6. The minimum Gasteiger partial charge on any atom is -0.480 e. The Morgan fingerprint density at radius 1 is 1.33 bits per heavy atom. The molecule has 8 nitrogen and oxygen atoms in total. The Balaban J connectivity index is 2.29. The second-order valence-electron chi connectivity index (χ2n) is 7.24. The molecule has 12 heteroatoms. The summed E-state index contributed by atoms with van der Waals surface area (Å²) in [4.78, 5) is 49.2. The second kappa shape index (κ2) is 8.50. The highest BCUT2D eigenvalue weighted by Crippen LogP contribution is 2.34. The third-order valence-electron chi connectivity index (χ3n) is 4.41. The number of nitrogens with one attached hydrogen (secondary N) is 1. The number of ether oxygens (including phenoxy) is 1. The molecule has 1 unspecified atom stereocenters. The smallest absolute Gasteiger partial charge is 0.480 e. The molecule has 0 radical (unpaired) electrons. The molecule has 1 aliphatic rings. The third-order valence-corrected chi connectivity index (χ3v) is 4.72. The van der Waals surface area contributed by atoms with Crippen LogP contribution in [-0.2, 0) is 25.7 Å². The van der Waals surface area contributed by atoms with Gasteiger partial charge >= 0.3 is 12.3 Å². The van der Waals surface area contributed by atoms with Gasteiger partial charge in [-0.3, -0.25) is 19.2 Å². The van der Waals surface area contributed by atoms with Crippen LogP contribution in [0.2, 0.25) is 5.02 Å². The van der Waals surface area contributed by atoms with E-state index < -0.39 is 53.7 Å². The van der Waals surface area contributed by atoms with Gasteiger partial charge in [0.05, 0.1) is 5.02 Å². The van der Waals surface area contributed by atoms with Crippen molar-refractivity contribution >= 4 is 35.2 Å². The molecular weight excluding hydrogens is 433 g/mol. The Hall–Kier alpha value is -2.82. The maximum Gasteiger partial charge on any atom is 0.573 e. The normalized spacial score (nSPS) is 18.9. The molecule has 1 aromatic rings. The van der Waals surface area contributed by atoms with E-state index in [4.69, 9.17) is 16.7 Å². The highest BCUT2D eigenvalue weighted by Gasteiger charge is 2.48. The van der Waals surface area contributed by atoms with Crippen molar-refractivity contribution in [3.63, 3.8) is 0 Å². The van der Waals surface area contributed by atoms with Crippen molar-refractivity contribution in [3.8, 4) is 5.75 Å². The van der Waals surface area contributed by atoms with Crippen LogP contribution in [0.3, 0.4) is 0 Å². The minimum atomic E-state index is -4.97. The minimum absolute atomic E-state index is 0.205. The number of alkyl halides is 3. The molecule has 0 saturated carbocycles. The van der Waals surface area contributed by atoms with Crippen molar-refractivity contribution < 1.29 is 42.2 Å². The van der Waals surface area contributed by atoms with Gasteiger partial charge in [0, 0.05) is 18.5 Å². The zero-order chi connectivity index (χ0) is 22.9. The summed E-state index contributed by atoms with van der Waals surface area (Å²) in [6.45, 7) is 2.14. The van der Waals surface area contributed by atoms with Crippen LogP contribution >= 0.6 is 11.6 Å². The van der Waals surface area contributed by atoms with Crippen LogP contribution in [0.4, 0.5) is 13.2 Å². The van der Waals surface area contributed by atoms with Gasteiger partial charge in [0.2, 0.25) is 11.8 Å². The summed E-state index contributed by atoms with van der Waals surface area (Å²) in [5.41, 5.74) is -0.818. The van der Waals surface area contributed by atoms with Crippen LogP contribution in [0.15, 0.2) is 18.2 Å². The number of carbonyl (C=O) groups is 4. The van der Waals surface area contributed by atoms with Crippen molar-refractivity contribution in [2.45, 2.75) is 38.7 Å². The Kier molecular flexibility index (Phi) is 6.65. The Morgan fingerprint density at radius 2 is 1.97 bits per heavy atom. The molecule has 0 aromatic heterocycles. The molecule has 30 heavy (non-hydrogen) atoms. The van der Waals surface area contributed by atoms with Gasteiger partial charge in [-0.2, -0.15) is 0 Å². The monoisotopic (exact) mass is 450 g/mol. The van der Waals surface area contributed by atoms with Crippen molar-refractivity contribution in [2.75, 3.05) is 6.54 Å². The molecule has 0 spiro atoms. The quantitative estimate of drug-likeness (QED) is 0.642. The van der Waals surface area contributed by atoms with Gasteiger partial charge in [0.25, 0.3) is 0 Å². The first-order valence-corrected chi connectivity index (χ1v) is 8.97. The largest absolute Gasteiger partial charge is 0.573 e. The highest BCUT2D eigenvalue weighted by atomic mass is 35.5. The average Bonchev–Trinajstić information content (AvgIpc) is 2.57. The van der Waals surface area contributed by atoms with E-state index in [0.717, 1.165) is 6.07 Å². The fourth-order valence-corrected chi connectivity index (χ4v) is 3.22. The van der Waals surface area contributed by atoms with Gasteiger partial charge in [-0.25, -0.2) is 0 Å². The molecule has 164 valence electrons. The van der Waals surface area contributed by atoms with E-state index >= 15 is 0 Å². The first-order valence-electron chi connectivity index (χ1n) is 8.59. The summed E-state index contributed by atoms with van der Waals surface area (Å²) in [5.74, 6) is -6.36. The van der Waals surface area contributed by atoms with Crippen LogP contribution in [0.5, 0.6) is 5.75 Å². The third kappa shape index (κ3) is 5.62. The summed E-state index contributed by atoms with van der Waals surface area (Å²) < 4.78 is 41.5. The molecule has 1 atom stereocenters. The van der Waals surface area contributed by atoms with Crippen molar-refractivity contribution in [1.29, 1.82) is 0 Å². The summed E-state index contributed by atoms with van der Waals surface area (Å²) in [7, 11) is 0. The van der Waals surface area contributed by atoms with Crippen LogP contribution in [0, 0.1) is 5.92 Å². The van der Waals surface area contributed by atoms with E-state index in [-0.39, 0.29) is 23.6 Å². The number of hydrogen-bond donors (Lipinski definition) is 2. The van der Waals surface area contributed by atoms with Gasteiger partial charge in [0.1, 0.15) is 12.3 Å². The number of halogens is 4. The molecule has 1 fully saturated rings. The second-order valence-corrected chi connectivity index (χ2v) is 7.64. The Labute approximate surface area is 173 Å². The molecule has 1 heterocycles. The lowest BCUT2D eigenvalue weighted by Gasteiger charge is -2.44. The van der Waals surface area contributed by atoms with Crippen LogP contribution in [0.25, 0.3) is 0 Å². The average molecular weight is 451 g/mol. The number of ketones is 1. The molecule has 0 aliphatic carbocycles. The highest BCUT2D eigenvalue weighted by molar-refractivity contribution is 6.32. The number of likely N-dealkylation sites (tertiary alicyclic amines) is 1. The summed E-state index contributed by atoms with van der Waals surface area (Å²) in [6.07, 6.45) is -5.17. The lowest BCUT2D eigenvalue weighted by atomic mass is 9.82. The summed E-state index contributed by atoms with van der Waals surface area (Å²) in [6, 6.07) is 3.56. The van der Waals surface area contributed by atoms with Gasteiger partial charge in [-0.1, -0.05) is 17.7 Å². The van der Waals surface area contributed by atoms with Crippen LogP contribution < -0.4 is 10.1 Å². The first-order chi connectivity index (χ1) is 13.7. The summed E-state index contributed by atoms with van der Waals surface area (Å²) in [5, 5.41) is 10.4. The van der Waals surface area contributed by atoms with E-state index in [1.807, 2.05) is 5.32 Å². The lowest BCUT2D eigenvalue weighted by molar-refractivity contribution is -0.274. The number of amides is 2. The first kappa shape index (κ1) is 23.5. The van der Waals surface area contributed by atoms with Gasteiger partial charge in [-0.05, 0) is 31.5 Å². The number of piperidine rings is 1. The van der Waals surface area contributed by atoms with E-state index in [1.54, 1.807) is 13.8 Å². The molecule has 2 N–H and O–H groups in total. The maximum atomic E-state index is 12.9. The van der Waals surface area contributed by atoms with E-state index in [9.17, 15) is 32.3 Å². The number of carboxylic acids is 1. The molecule has 0 bridgehead atoms. The zero-order valence-corrected chi connectivity index (χ0v) is 16.6. The predicted octanol–water partition coefficient (Wildman–Crippen LogP) is 2.14. The molecule has 1 aliphatic heterocycles. The molecule has 2 amide bonds. The van der Waals surface area contributed by atoms with E-state index in [1.165, 1.54) is 17.0 Å². The van der Waals surface area contributed by atoms with Crippen LogP contribution in [-0.4, -0.2) is 52.0 Å². The molecular formula is C18H18ClF3N2O6. The molecule has 1 saturated heterocycles. The summed E-state index contributed by atoms with van der Waals surface area (Å²) >= 11 is 5.72. The number of aliphatic carboxylic acids is 1. The van der Waals surface area contributed by atoms with Crippen LogP contribution in [0.1, 0.15) is 25.8 Å². The fraction of sp³-hybridized carbons (Fsp3) is 0.444. The van der Waals surface area contributed by atoms with Crippen molar-refractivity contribution in [3.05, 3.63) is 28.8 Å². The van der Waals surface area contributed by atoms with Gasteiger partial charge < -0.3 is 20.1 Å². The maximum absolute atomic E-state index is 12.9. The molecule has 1 aromatic carbocycles. The van der Waals surface area contributed by atoms with E-state index in [2.05, 4.69) is 4.74 Å². The number of hydrogen-bond acceptors (Lipinski definition) is 5. The van der Waals surface area contributed by atoms with Crippen molar-refractivity contribution in [2.24, 2.45) is 5.92 Å². The number of carbonyl (C=O) groups excluding carboxylic acids is 3. The number of Topliss-reactive ketones (excluding diaryl/α,β-unsaturated/α-hetero) is 1. The van der Waals surface area contributed by atoms with Gasteiger partial charge in [0.15, 0.2) is 11.7 Å². The number of carboxylic acid groups (broad SMARTS) is 1. The lowest BCUT2D eigenvalue weighted by Crippen LogP contribution is -2.60. The number of benzene rings is 1. The van der Waals surface area contributed by atoms with Gasteiger partial charge in [-0.15, -0.1) is 13.2 Å². The Morgan fingerprint density at radius 3 is 2.53 bits per heavy atom.